The van der Waals surface area contributed by atoms with Crippen LogP contribution in [0, 0.1) is 0 Å². The van der Waals surface area contributed by atoms with Crippen LogP contribution < -0.4 is 9.46 Å². The van der Waals surface area contributed by atoms with Crippen molar-refractivity contribution in [3.05, 3.63) is 23.8 Å². The van der Waals surface area contributed by atoms with Crippen LogP contribution in [0.3, 0.4) is 0 Å². The van der Waals surface area contributed by atoms with Crippen molar-refractivity contribution in [2.45, 2.75) is 37.1 Å². The smallest absolute Gasteiger partial charge is 0.390 e. The fourth-order valence-electron chi connectivity index (χ4n) is 1.75. The second-order valence-electron chi connectivity index (χ2n) is 4.48. The first-order valence-corrected chi connectivity index (χ1v) is 7.44. The first-order chi connectivity index (χ1) is 9.59. The van der Waals surface area contributed by atoms with Gasteiger partial charge in [-0.3, -0.25) is 0 Å². The number of nitrogens with one attached hydrogen (secondary N) is 1. The lowest BCUT2D eigenvalue weighted by molar-refractivity contribution is -0.137. The van der Waals surface area contributed by atoms with Gasteiger partial charge >= 0.3 is 6.18 Å². The average molecular weight is 327 g/mol. The van der Waals surface area contributed by atoms with E-state index in [4.69, 9.17) is 9.84 Å². The number of halogens is 3. The molecule has 1 atom stereocenters. The first kappa shape index (κ1) is 17.7. The Morgan fingerprint density at radius 1 is 1.38 bits per heavy atom. The van der Waals surface area contributed by atoms with Crippen molar-refractivity contribution in [1.29, 1.82) is 0 Å². The molecule has 1 unspecified atom stereocenters. The summed E-state index contributed by atoms with van der Waals surface area (Å²) in [5.41, 5.74) is 0.305. The maximum atomic E-state index is 12.3. The summed E-state index contributed by atoms with van der Waals surface area (Å²) in [6, 6.07) is 2.62. The molecular formula is C12H16F3NO4S. The van der Waals surface area contributed by atoms with E-state index >= 15 is 0 Å². The standard InChI is InChI=1S/C12H16F3NO4S/c1-8(6-12(13,14)15)16-21(18,19)11-5-9(7-17)3-4-10(11)20-2/h3-5,8,16-17H,6-7H2,1-2H3. The van der Waals surface area contributed by atoms with Crippen LogP contribution in [0.2, 0.25) is 0 Å². The molecule has 120 valence electrons. The van der Waals surface area contributed by atoms with Gasteiger partial charge in [0.25, 0.3) is 0 Å². The topological polar surface area (TPSA) is 75.6 Å². The molecule has 1 aromatic rings. The Morgan fingerprint density at radius 2 is 2.00 bits per heavy atom. The van der Waals surface area contributed by atoms with E-state index in [0.29, 0.717) is 5.56 Å². The van der Waals surface area contributed by atoms with Crippen molar-refractivity contribution < 1.29 is 31.4 Å². The van der Waals surface area contributed by atoms with Gasteiger partial charge in [-0.15, -0.1) is 0 Å². The minimum absolute atomic E-state index is 0.0149. The molecule has 21 heavy (non-hydrogen) atoms. The van der Waals surface area contributed by atoms with Gasteiger partial charge in [0.05, 0.1) is 20.1 Å². The van der Waals surface area contributed by atoms with Gasteiger partial charge in [0.2, 0.25) is 10.0 Å². The van der Waals surface area contributed by atoms with E-state index in [2.05, 4.69) is 0 Å². The number of aliphatic hydroxyl groups excluding tert-OH is 1. The molecule has 0 bridgehead atoms. The summed E-state index contributed by atoms with van der Waals surface area (Å²) >= 11 is 0. The third kappa shape index (κ3) is 5.18. The van der Waals surface area contributed by atoms with Gasteiger partial charge in [-0.2, -0.15) is 13.2 Å². The van der Waals surface area contributed by atoms with Gasteiger partial charge in [0, 0.05) is 6.04 Å². The van der Waals surface area contributed by atoms with Gasteiger partial charge in [0.1, 0.15) is 10.6 Å². The lowest BCUT2D eigenvalue weighted by Crippen LogP contribution is -2.36. The van der Waals surface area contributed by atoms with Crippen molar-refractivity contribution in [1.82, 2.24) is 4.72 Å². The van der Waals surface area contributed by atoms with Crippen LogP contribution in [0.1, 0.15) is 18.9 Å². The highest BCUT2D eigenvalue weighted by atomic mass is 32.2. The number of ether oxygens (including phenoxy) is 1. The summed E-state index contributed by atoms with van der Waals surface area (Å²) in [6.45, 7) is 0.720. The number of hydrogen-bond donors (Lipinski definition) is 2. The third-order valence-corrected chi connectivity index (χ3v) is 4.20. The van der Waals surface area contributed by atoms with Crippen molar-refractivity contribution in [2.75, 3.05) is 7.11 Å². The molecule has 0 heterocycles. The highest BCUT2D eigenvalue weighted by Gasteiger charge is 2.32. The molecule has 0 amide bonds. The molecule has 0 aliphatic carbocycles. The van der Waals surface area contributed by atoms with Crippen molar-refractivity contribution in [3.63, 3.8) is 0 Å². The van der Waals surface area contributed by atoms with Crippen LogP contribution in [0.15, 0.2) is 23.1 Å². The number of methoxy groups -OCH3 is 1. The first-order valence-electron chi connectivity index (χ1n) is 5.96. The monoisotopic (exact) mass is 327 g/mol. The average Bonchev–Trinajstić information content (AvgIpc) is 2.34. The third-order valence-electron chi connectivity index (χ3n) is 2.59. The van der Waals surface area contributed by atoms with E-state index in [-0.39, 0.29) is 10.6 Å². The van der Waals surface area contributed by atoms with Gasteiger partial charge in [-0.1, -0.05) is 6.07 Å². The van der Waals surface area contributed by atoms with Gasteiger partial charge in [-0.05, 0) is 24.6 Å². The molecule has 1 rings (SSSR count). The minimum atomic E-state index is -4.47. The van der Waals surface area contributed by atoms with E-state index in [1.165, 1.54) is 19.2 Å². The normalized spacial score (nSPS) is 14.0. The highest BCUT2D eigenvalue weighted by Crippen LogP contribution is 2.27. The minimum Gasteiger partial charge on any atom is -0.495 e. The Kier molecular flexibility index (Phi) is 5.60. The zero-order valence-corrected chi connectivity index (χ0v) is 12.3. The predicted molar refractivity (Wildman–Crippen MR) is 69.4 cm³/mol. The van der Waals surface area contributed by atoms with Crippen molar-refractivity contribution in [3.8, 4) is 5.75 Å². The molecule has 5 nitrogen and oxygen atoms in total. The van der Waals surface area contributed by atoms with E-state index in [1.807, 2.05) is 4.72 Å². The number of alkyl halides is 3. The van der Waals surface area contributed by atoms with Crippen LogP contribution in [0.25, 0.3) is 0 Å². The van der Waals surface area contributed by atoms with Gasteiger partial charge < -0.3 is 9.84 Å². The van der Waals surface area contributed by atoms with E-state index in [0.717, 1.165) is 13.0 Å². The zero-order chi connectivity index (χ0) is 16.3. The Morgan fingerprint density at radius 3 is 2.48 bits per heavy atom. The SMILES string of the molecule is COc1ccc(CO)cc1S(=O)(=O)NC(C)CC(F)(F)F. The summed E-state index contributed by atoms with van der Waals surface area (Å²) < 4.78 is 67.9. The van der Waals surface area contributed by atoms with Crippen LogP contribution in [-0.2, 0) is 16.6 Å². The molecule has 9 heteroatoms. The fourth-order valence-corrected chi connectivity index (χ4v) is 3.21. The Balaban J connectivity index is 3.07. The zero-order valence-electron chi connectivity index (χ0n) is 11.4. The Bertz CT molecular complexity index is 587. The summed E-state index contributed by atoms with van der Waals surface area (Å²) in [5, 5.41) is 9.02. The molecule has 0 spiro atoms. The number of sulfonamides is 1. The highest BCUT2D eigenvalue weighted by molar-refractivity contribution is 7.89. The van der Waals surface area contributed by atoms with E-state index in [9.17, 15) is 21.6 Å². The molecule has 0 saturated carbocycles. The molecule has 0 aromatic heterocycles. The van der Waals surface area contributed by atoms with Crippen LogP contribution in [0.5, 0.6) is 5.75 Å². The quantitative estimate of drug-likeness (QED) is 0.835. The summed E-state index contributed by atoms with van der Waals surface area (Å²) in [7, 11) is -2.95. The molecule has 0 aliphatic rings. The molecule has 0 fully saturated rings. The fraction of sp³-hybridized carbons (Fsp3) is 0.500. The predicted octanol–water partition coefficient (Wildman–Crippen LogP) is 1.81. The van der Waals surface area contributed by atoms with Gasteiger partial charge in [-0.25, -0.2) is 13.1 Å². The van der Waals surface area contributed by atoms with E-state index < -0.39 is 35.3 Å². The lowest BCUT2D eigenvalue weighted by Gasteiger charge is -2.17. The number of rotatable bonds is 6. The maximum absolute atomic E-state index is 12.3. The van der Waals surface area contributed by atoms with Crippen LogP contribution in [-0.4, -0.2) is 32.9 Å². The van der Waals surface area contributed by atoms with Crippen molar-refractivity contribution in [2.24, 2.45) is 0 Å². The molecule has 2 N–H and O–H groups in total. The van der Waals surface area contributed by atoms with Crippen LogP contribution >= 0.6 is 0 Å². The lowest BCUT2D eigenvalue weighted by atomic mass is 10.2. The number of aliphatic hydroxyl groups is 1. The Hall–Kier alpha value is -1.32. The van der Waals surface area contributed by atoms with Gasteiger partial charge in [0.15, 0.2) is 0 Å². The van der Waals surface area contributed by atoms with Crippen molar-refractivity contribution >= 4 is 10.0 Å². The summed E-state index contributed by atoms with van der Waals surface area (Å²) in [6.07, 6.45) is -5.76. The molecule has 1 aromatic carbocycles. The number of hydrogen-bond acceptors (Lipinski definition) is 4. The molecule has 0 saturated heterocycles. The van der Waals surface area contributed by atoms with Crippen LogP contribution in [0.4, 0.5) is 13.2 Å². The number of benzene rings is 1. The molecule has 0 radical (unpaired) electrons. The molecule has 0 aliphatic heterocycles. The Labute approximate surface area is 120 Å². The largest absolute Gasteiger partial charge is 0.495 e. The summed E-state index contributed by atoms with van der Waals surface area (Å²) in [5.74, 6) is -0.0149. The summed E-state index contributed by atoms with van der Waals surface area (Å²) in [4.78, 5) is -0.314. The second kappa shape index (κ2) is 6.63. The van der Waals surface area contributed by atoms with E-state index in [1.54, 1.807) is 0 Å². The maximum Gasteiger partial charge on any atom is 0.390 e. The second-order valence-corrected chi connectivity index (χ2v) is 6.17. The molecular weight excluding hydrogens is 311 g/mol.